The first kappa shape index (κ1) is 11.3. The van der Waals surface area contributed by atoms with Crippen LogP contribution in [0.3, 0.4) is 0 Å². The van der Waals surface area contributed by atoms with Crippen molar-refractivity contribution in [2.24, 2.45) is 0 Å². The van der Waals surface area contributed by atoms with Gasteiger partial charge in [0.2, 0.25) is 5.89 Å². The lowest BCUT2D eigenvalue weighted by atomic mass is 10.1. The fraction of sp³-hybridized carbons (Fsp3) is 0.800. The number of piperidine rings is 1. The molecule has 0 radical (unpaired) electrons. The van der Waals surface area contributed by atoms with E-state index in [0.29, 0.717) is 25.0 Å². The minimum absolute atomic E-state index is 0.280. The summed E-state index contributed by atoms with van der Waals surface area (Å²) in [7, 11) is 0. The Hall–Kier alpha value is -1.14. The standard InChI is InChI=1S/C10H18N4O2/c1-2-11-6-9-12-13-10(16-9)14-5-3-4-8(15)7-14/h8,11,15H,2-7H2,1H3. The van der Waals surface area contributed by atoms with Gasteiger partial charge in [-0.15, -0.1) is 5.10 Å². The van der Waals surface area contributed by atoms with Crippen LogP contribution in [0.4, 0.5) is 6.01 Å². The lowest BCUT2D eigenvalue weighted by Gasteiger charge is -2.28. The van der Waals surface area contributed by atoms with Crippen LogP contribution in [-0.4, -0.2) is 41.0 Å². The Bertz CT molecular complexity index is 328. The molecule has 1 saturated heterocycles. The van der Waals surface area contributed by atoms with Crippen LogP contribution in [0.25, 0.3) is 0 Å². The van der Waals surface area contributed by atoms with Crippen molar-refractivity contribution < 1.29 is 9.52 Å². The number of hydrogen-bond donors (Lipinski definition) is 2. The van der Waals surface area contributed by atoms with Crippen molar-refractivity contribution in [3.8, 4) is 0 Å². The van der Waals surface area contributed by atoms with Crippen LogP contribution in [0.1, 0.15) is 25.7 Å². The van der Waals surface area contributed by atoms with Gasteiger partial charge in [0.15, 0.2) is 0 Å². The van der Waals surface area contributed by atoms with E-state index in [2.05, 4.69) is 15.5 Å². The van der Waals surface area contributed by atoms with E-state index in [1.165, 1.54) is 0 Å². The molecule has 1 aliphatic rings. The molecular weight excluding hydrogens is 208 g/mol. The van der Waals surface area contributed by atoms with Gasteiger partial charge >= 0.3 is 6.01 Å². The van der Waals surface area contributed by atoms with Crippen molar-refractivity contribution in [3.63, 3.8) is 0 Å². The summed E-state index contributed by atoms with van der Waals surface area (Å²) in [5, 5.41) is 20.6. The molecule has 6 heteroatoms. The zero-order valence-electron chi connectivity index (χ0n) is 9.52. The summed E-state index contributed by atoms with van der Waals surface area (Å²) in [6.45, 7) is 4.96. The number of nitrogens with one attached hydrogen (secondary N) is 1. The second-order valence-corrected chi connectivity index (χ2v) is 4.00. The number of anilines is 1. The molecule has 0 saturated carbocycles. The second kappa shape index (κ2) is 5.27. The third-order valence-electron chi connectivity index (χ3n) is 2.65. The molecule has 0 spiro atoms. The van der Waals surface area contributed by atoms with Gasteiger partial charge in [-0.2, -0.15) is 0 Å². The average molecular weight is 226 g/mol. The zero-order chi connectivity index (χ0) is 11.4. The number of hydrogen-bond acceptors (Lipinski definition) is 6. The molecule has 1 fully saturated rings. The number of aliphatic hydroxyl groups is 1. The molecule has 6 nitrogen and oxygen atoms in total. The highest BCUT2D eigenvalue weighted by molar-refractivity contribution is 5.25. The smallest absolute Gasteiger partial charge is 0.318 e. The van der Waals surface area contributed by atoms with Crippen molar-refractivity contribution in [2.75, 3.05) is 24.5 Å². The van der Waals surface area contributed by atoms with E-state index >= 15 is 0 Å². The molecule has 2 heterocycles. The van der Waals surface area contributed by atoms with Gasteiger partial charge in [-0.3, -0.25) is 0 Å². The maximum atomic E-state index is 9.55. The van der Waals surface area contributed by atoms with E-state index in [-0.39, 0.29) is 6.10 Å². The Kier molecular flexibility index (Phi) is 3.74. The number of nitrogens with zero attached hydrogens (tertiary/aromatic N) is 3. The molecule has 0 bridgehead atoms. The summed E-state index contributed by atoms with van der Waals surface area (Å²) in [6.07, 6.45) is 1.54. The van der Waals surface area contributed by atoms with Crippen molar-refractivity contribution >= 4 is 6.01 Å². The first-order valence-electron chi connectivity index (χ1n) is 5.75. The summed E-state index contributed by atoms with van der Waals surface area (Å²) in [5.41, 5.74) is 0. The lowest BCUT2D eigenvalue weighted by Crippen LogP contribution is -2.38. The molecule has 1 aliphatic heterocycles. The average Bonchev–Trinajstić information content (AvgIpc) is 2.75. The van der Waals surface area contributed by atoms with E-state index in [9.17, 15) is 5.11 Å². The van der Waals surface area contributed by atoms with Gasteiger partial charge < -0.3 is 19.7 Å². The maximum Gasteiger partial charge on any atom is 0.318 e. The fourth-order valence-electron chi connectivity index (χ4n) is 1.80. The van der Waals surface area contributed by atoms with Gasteiger partial charge in [0.05, 0.1) is 12.6 Å². The molecule has 1 unspecified atom stereocenters. The van der Waals surface area contributed by atoms with Crippen molar-refractivity contribution in [2.45, 2.75) is 32.4 Å². The summed E-state index contributed by atoms with van der Waals surface area (Å²) < 4.78 is 5.50. The Morgan fingerprint density at radius 1 is 1.56 bits per heavy atom. The number of aromatic nitrogens is 2. The van der Waals surface area contributed by atoms with Crippen LogP contribution in [-0.2, 0) is 6.54 Å². The van der Waals surface area contributed by atoms with Crippen molar-refractivity contribution in [3.05, 3.63) is 5.89 Å². The second-order valence-electron chi connectivity index (χ2n) is 4.00. The van der Waals surface area contributed by atoms with Crippen molar-refractivity contribution in [1.82, 2.24) is 15.5 Å². The third kappa shape index (κ3) is 2.70. The molecule has 16 heavy (non-hydrogen) atoms. The van der Waals surface area contributed by atoms with Gasteiger partial charge in [0, 0.05) is 13.1 Å². The van der Waals surface area contributed by atoms with Crippen molar-refractivity contribution in [1.29, 1.82) is 0 Å². The third-order valence-corrected chi connectivity index (χ3v) is 2.65. The topological polar surface area (TPSA) is 74.4 Å². The monoisotopic (exact) mass is 226 g/mol. The van der Waals surface area contributed by atoms with E-state index in [1.54, 1.807) is 0 Å². The molecular formula is C10H18N4O2. The van der Waals surface area contributed by atoms with Gasteiger partial charge in [0.1, 0.15) is 0 Å². The van der Waals surface area contributed by atoms with Crippen LogP contribution < -0.4 is 10.2 Å². The summed E-state index contributed by atoms with van der Waals surface area (Å²) in [4.78, 5) is 1.94. The highest BCUT2D eigenvalue weighted by Gasteiger charge is 2.21. The van der Waals surface area contributed by atoms with E-state index in [1.807, 2.05) is 11.8 Å². The number of aliphatic hydroxyl groups excluding tert-OH is 1. The Labute approximate surface area is 94.7 Å². The maximum absolute atomic E-state index is 9.55. The van der Waals surface area contributed by atoms with Crippen LogP contribution in [0.5, 0.6) is 0 Å². The quantitative estimate of drug-likeness (QED) is 0.760. The molecule has 2 N–H and O–H groups in total. The predicted molar refractivity (Wildman–Crippen MR) is 59.1 cm³/mol. The van der Waals surface area contributed by atoms with Crippen LogP contribution >= 0.6 is 0 Å². The summed E-state index contributed by atoms with van der Waals surface area (Å²) in [5.74, 6) is 0.594. The van der Waals surface area contributed by atoms with Gasteiger partial charge in [-0.25, -0.2) is 0 Å². The molecule has 1 aromatic heterocycles. The molecule has 1 atom stereocenters. The summed E-state index contributed by atoms with van der Waals surface area (Å²) >= 11 is 0. The molecule has 0 amide bonds. The summed E-state index contributed by atoms with van der Waals surface area (Å²) in [6, 6.07) is 0.520. The van der Waals surface area contributed by atoms with Crippen LogP contribution in [0.15, 0.2) is 4.42 Å². The van der Waals surface area contributed by atoms with Gasteiger partial charge in [0.25, 0.3) is 0 Å². The fourth-order valence-corrected chi connectivity index (χ4v) is 1.80. The van der Waals surface area contributed by atoms with Gasteiger partial charge in [-0.05, 0) is 19.4 Å². The first-order valence-corrected chi connectivity index (χ1v) is 5.75. The number of rotatable bonds is 4. The normalized spacial score (nSPS) is 21.4. The van der Waals surface area contributed by atoms with Crippen LogP contribution in [0, 0.1) is 0 Å². The minimum atomic E-state index is -0.280. The zero-order valence-corrected chi connectivity index (χ0v) is 9.52. The molecule has 0 aromatic carbocycles. The van der Waals surface area contributed by atoms with Gasteiger partial charge in [-0.1, -0.05) is 12.0 Å². The van der Waals surface area contributed by atoms with E-state index < -0.39 is 0 Å². The van der Waals surface area contributed by atoms with Crippen LogP contribution in [0.2, 0.25) is 0 Å². The molecule has 90 valence electrons. The Morgan fingerprint density at radius 3 is 3.19 bits per heavy atom. The Morgan fingerprint density at radius 2 is 2.44 bits per heavy atom. The largest absolute Gasteiger partial charge is 0.407 e. The number of β-amino-alcohol motifs (C(OH)–C–C–N with tert-alkyl or cyclic N) is 1. The van der Waals surface area contributed by atoms with E-state index in [4.69, 9.17) is 4.42 Å². The van der Waals surface area contributed by atoms with E-state index in [0.717, 1.165) is 25.9 Å². The predicted octanol–water partition coefficient (Wildman–Crippen LogP) is 0.140. The molecule has 1 aromatic rings. The highest BCUT2D eigenvalue weighted by atomic mass is 16.4. The molecule has 2 rings (SSSR count). The molecule has 0 aliphatic carbocycles. The first-order chi connectivity index (χ1) is 7.79. The minimum Gasteiger partial charge on any atom is -0.407 e. The SMILES string of the molecule is CCNCc1nnc(N2CCCC(O)C2)o1. The highest BCUT2D eigenvalue weighted by Crippen LogP contribution is 2.18. The Balaban J connectivity index is 1.95. The lowest BCUT2D eigenvalue weighted by molar-refractivity contribution is 0.151.